The summed E-state index contributed by atoms with van der Waals surface area (Å²) in [6.45, 7) is 9.42. The van der Waals surface area contributed by atoms with Gasteiger partial charge in [0.05, 0.1) is 11.4 Å². The quantitative estimate of drug-likeness (QED) is 0.493. The van der Waals surface area contributed by atoms with Crippen LogP contribution in [0.25, 0.3) is 0 Å². The van der Waals surface area contributed by atoms with Crippen molar-refractivity contribution in [3.8, 4) is 0 Å². The van der Waals surface area contributed by atoms with Gasteiger partial charge in [-0.1, -0.05) is 71.4 Å². The molecule has 2 rings (SSSR count). The van der Waals surface area contributed by atoms with Crippen LogP contribution in [0.1, 0.15) is 79.1 Å². The van der Waals surface area contributed by atoms with Crippen molar-refractivity contribution in [2.45, 2.75) is 91.1 Å². The minimum Gasteiger partial charge on any atom is -0.381 e. The van der Waals surface area contributed by atoms with E-state index in [0.717, 1.165) is 5.92 Å². The molecule has 2 N–H and O–H groups in total. The minimum absolute atomic E-state index is 0.529. The Morgan fingerprint density at radius 2 is 1.62 bits per heavy atom. The van der Waals surface area contributed by atoms with Crippen LogP contribution in [0, 0.1) is 11.8 Å². The first-order valence-corrected chi connectivity index (χ1v) is 10.3. The van der Waals surface area contributed by atoms with Crippen molar-refractivity contribution in [1.82, 2.24) is 0 Å². The Hall–Kier alpha value is -1.18. The first kappa shape index (κ1) is 19.1. The Kier molecular flexibility index (Phi) is 7.94. The van der Waals surface area contributed by atoms with Crippen LogP contribution in [0.3, 0.4) is 0 Å². The lowest BCUT2D eigenvalue weighted by Crippen LogP contribution is -2.38. The van der Waals surface area contributed by atoms with Gasteiger partial charge >= 0.3 is 0 Å². The minimum atomic E-state index is 0.529. The third-order valence-electron chi connectivity index (χ3n) is 5.66. The van der Waals surface area contributed by atoms with E-state index in [9.17, 15) is 0 Å². The second-order valence-corrected chi connectivity index (χ2v) is 7.87. The van der Waals surface area contributed by atoms with E-state index < -0.39 is 0 Å². The van der Waals surface area contributed by atoms with Gasteiger partial charge in [-0.15, -0.1) is 0 Å². The van der Waals surface area contributed by atoms with E-state index in [0.29, 0.717) is 18.0 Å². The fourth-order valence-corrected chi connectivity index (χ4v) is 4.16. The fourth-order valence-electron chi connectivity index (χ4n) is 4.16. The van der Waals surface area contributed by atoms with Gasteiger partial charge in [0.2, 0.25) is 0 Å². The number of para-hydroxylation sites is 2. The molecule has 0 bridgehead atoms. The molecule has 0 saturated heterocycles. The molecule has 2 heteroatoms. The van der Waals surface area contributed by atoms with Crippen LogP contribution in [-0.4, -0.2) is 12.1 Å². The second-order valence-electron chi connectivity index (χ2n) is 7.87. The zero-order valence-corrected chi connectivity index (χ0v) is 16.3. The van der Waals surface area contributed by atoms with Crippen molar-refractivity contribution in [3.05, 3.63) is 24.3 Å². The summed E-state index contributed by atoms with van der Waals surface area (Å²) in [5.41, 5.74) is 2.56. The van der Waals surface area contributed by atoms with Crippen molar-refractivity contribution >= 4 is 11.4 Å². The zero-order valence-electron chi connectivity index (χ0n) is 16.3. The molecular formula is C22H38N2. The van der Waals surface area contributed by atoms with E-state index in [1.807, 2.05) is 0 Å². The highest BCUT2D eigenvalue weighted by atomic mass is 15.0. The Morgan fingerprint density at radius 1 is 0.958 bits per heavy atom. The van der Waals surface area contributed by atoms with Crippen LogP contribution >= 0.6 is 0 Å². The summed E-state index contributed by atoms with van der Waals surface area (Å²) in [4.78, 5) is 0. The maximum absolute atomic E-state index is 3.91. The van der Waals surface area contributed by atoms with E-state index in [1.165, 1.54) is 62.7 Å². The normalized spacial score (nSPS) is 24.4. The molecule has 0 fully saturated rings. The molecule has 1 aromatic rings. The largest absolute Gasteiger partial charge is 0.381 e. The number of rotatable bonds is 9. The smallest absolute Gasteiger partial charge is 0.0578 e. The van der Waals surface area contributed by atoms with Crippen molar-refractivity contribution in [3.63, 3.8) is 0 Å². The van der Waals surface area contributed by atoms with Crippen molar-refractivity contribution in [2.75, 3.05) is 10.6 Å². The van der Waals surface area contributed by atoms with Gasteiger partial charge in [-0.2, -0.15) is 0 Å². The Morgan fingerprint density at radius 3 is 2.29 bits per heavy atom. The average molecular weight is 331 g/mol. The average Bonchev–Trinajstić information content (AvgIpc) is 2.70. The van der Waals surface area contributed by atoms with Crippen LogP contribution in [-0.2, 0) is 0 Å². The molecule has 0 radical (unpaired) electrons. The van der Waals surface area contributed by atoms with E-state index >= 15 is 0 Å². The first-order valence-electron chi connectivity index (χ1n) is 10.3. The van der Waals surface area contributed by atoms with Gasteiger partial charge in [0.1, 0.15) is 0 Å². The molecule has 0 aromatic heterocycles. The van der Waals surface area contributed by atoms with Gasteiger partial charge in [0.25, 0.3) is 0 Å². The molecule has 0 amide bonds. The monoisotopic (exact) mass is 330 g/mol. The molecule has 2 nitrogen and oxygen atoms in total. The molecule has 136 valence electrons. The second kappa shape index (κ2) is 9.96. The van der Waals surface area contributed by atoms with Crippen molar-refractivity contribution in [2.24, 2.45) is 11.8 Å². The third-order valence-corrected chi connectivity index (χ3v) is 5.66. The Bertz CT molecular complexity index is 471. The number of hydrogen-bond donors (Lipinski definition) is 2. The molecule has 4 atom stereocenters. The Labute approximate surface area is 149 Å². The van der Waals surface area contributed by atoms with Crippen LogP contribution in [0.5, 0.6) is 0 Å². The maximum Gasteiger partial charge on any atom is 0.0578 e. The molecular weight excluding hydrogens is 292 g/mol. The van der Waals surface area contributed by atoms with Crippen LogP contribution in [0.4, 0.5) is 11.4 Å². The van der Waals surface area contributed by atoms with Gasteiger partial charge in [0, 0.05) is 12.1 Å². The third kappa shape index (κ3) is 5.43. The van der Waals surface area contributed by atoms with E-state index in [2.05, 4.69) is 62.6 Å². The van der Waals surface area contributed by atoms with Gasteiger partial charge in [-0.3, -0.25) is 0 Å². The number of unbranched alkanes of at least 4 members (excludes halogenated alkanes) is 3. The van der Waals surface area contributed by atoms with E-state index in [-0.39, 0.29) is 0 Å². The molecule has 1 heterocycles. The van der Waals surface area contributed by atoms with Crippen LogP contribution in [0.15, 0.2) is 24.3 Å². The highest BCUT2D eigenvalue weighted by Gasteiger charge is 2.31. The molecule has 4 unspecified atom stereocenters. The van der Waals surface area contributed by atoms with Crippen molar-refractivity contribution < 1.29 is 0 Å². The lowest BCUT2D eigenvalue weighted by molar-refractivity contribution is 0.312. The van der Waals surface area contributed by atoms with E-state index in [1.54, 1.807) is 0 Å². The number of fused-ring (bicyclic) bond motifs is 1. The summed E-state index contributed by atoms with van der Waals surface area (Å²) in [6, 6.07) is 9.84. The van der Waals surface area contributed by atoms with Gasteiger partial charge in [0.15, 0.2) is 0 Å². The SMILES string of the molecule is CCCCCC1C(C)Nc2ccccc2NC1CC(C)CCCC. The summed E-state index contributed by atoms with van der Waals surface area (Å²) in [5, 5.41) is 7.69. The van der Waals surface area contributed by atoms with E-state index in [4.69, 9.17) is 0 Å². The summed E-state index contributed by atoms with van der Waals surface area (Å²) >= 11 is 0. The fraction of sp³-hybridized carbons (Fsp3) is 0.727. The van der Waals surface area contributed by atoms with Crippen LogP contribution in [0.2, 0.25) is 0 Å². The van der Waals surface area contributed by atoms with Gasteiger partial charge in [-0.05, 0) is 43.7 Å². The Balaban J connectivity index is 2.12. The number of anilines is 2. The maximum atomic E-state index is 3.91. The zero-order chi connectivity index (χ0) is 17.4. The molecule has 1 aliphatic heterocycles. The lowest BCUT2D eigenvalue weighted by atomic mass is 9.82. The molecule has 1 aromatic carbocycles. The summed E-state index contributed by atoms with van der Waals surface area (Å²) in [5.74, 6) is 1.50. The molecule has 0 saturated carbocycles. The summed E-state index contributed by atoms with van der Waals surface area (Å²) in [6.07, 6.45) is 10.7. The highest BCUT2D eigenvalue weighted by molar-refractivity contribution is 5.70. The van der Waals surface area contributed by atoms with Gasteiger partial charge in [-0.25, -0.2) is 0 Å². The number of hydrogen-bond acceptors (Lipinski definition) is 2. The van der Waals surface area contributed by atoms with Crippen molar-refractivity contribution in [1.29, 1.82) is 0 Å². The topological polar surface area (TPSA) is 24.1 Å². The predicted octanol–water partition coefficient (Wildman–Crippen LogP) is 6.69. The number of nitrogens with one attached hydrogen (secondary N) is 2. The lowest BCUT2D eigenvalue weighted by Gasteiger charge is -2.32. The highest BCUT2D eigenvalue weighted by Crippen LogP contribution is 2.35. The standard InChI is InChI=1S/C22H38N2/c1-5-7-9-13-19-18(4)23-20-14-10-11-15-21(20)24-22(19)16-17(3)12-8-6-2/h10-11,14-15,17-19,22-24H,5-9,12-13,16H2,1-4H3. The molecule has 24 heavy (non-hydrogen) atoms. The molecule has 0 spiro atoms. The summed E-state index contributed by atoms with van der Waals surface area (Å²) < 4.78 is 0. The first-order chi connectivity index (χ1) is 11.7. The predicted molar refractivity (Wildman–Crippen MR) is 108 cm³/mol. The number of benzene rings is 1. The van der Waals surface area contributed by atoms with Gasteiger partial charge < -0.3 is 10.6 Å². The molecule has 0 aliphatic carbocycles. The van der Waals surface area contributed by atoms with Crippen LogP contribution < -0.4 is 10.6 Å². The molecule has 1 aliphatic rings. The summed E-state index contributed by atoms with van der Waals surface area (Å²) in [7, 11) is 0.